The average molecular weight is 284 g/mol. The molecule has 0 aromatic heterocycles. The van der Waals surface area contributed by atoms with Crippen LogP contribution in [0.1, 0.15) is 24.8 Å². The van der Waals surface area contributed by atoms with E-state index in [1.807, 2.05) is 0 Å². The molecule has 0 saturated heterocycles. The molecule has 0 atom stereocenters. The molecule has 0 spiro atoms. The molecule has 5 nitrogen and oxygen atoms in total. The Balaban J connectivity index is 1.90. The zero-order valence-electron chi connectivity index (χ0n) is 10.8. The third-order valence-corrected chi connectivity index (χ3v) is 4.90. The van der Waals surface area contributed by atoms with E-state index in [0.717, 1.165) is 12.8 Å². The minimum atomic E-state index is -3.33. The smallest absolute Gasteiger partial charge is 0.215 e. The van der Waals surface area contributed by atoms with Crippen molar-refractivity contribution < 1.29 is 13.5 Å². The molecular formula is C13H20N2O3S. The molecule has 1 aliphatic rings. The van der Waals surface area contributed by atoms with Gasteiger partial charge in [0.25, 0.3) is 0 Å². The minimum Gasteiger partial charge on any atom is -0.399 e. The topological polar surface area (TPSA) is 92.4 Å². The molecule has 1 aromatic rings. The SMILES string of the molecule is Nc1ccc(CS(=O)(=O)NCC2(CCO)CC2)cc1. The first-order valence-electron chi connectivity index (χ1n) is 6.37. The van der Waals surface area contributed by atoms with Gasteiger partial charge < -0.3 is 10.8 Å². The van der Waals surface area contributed by atoms with E-state index in [4.69, 9.17) is 10.8 Å². The molecule has 0 heterocycles. The summed E-state index contributed by atoms with van der Waals surface area (Å²) in [5.74, 6) is -0.0392. The van der Waals surface area contributed by atoms with Crippen LogP contribution in [0.5, 0.6) is 0 Å². The average Bonchev–Trinajstić information content (AvgIpc) is 3.11. The van der Waals surface area contributed by atoms with Gasteiger partial charge in [-0.05, 0) is 42.4 Å². The van der Waals surface area contributed by atoms with E-state index < -0.39 is 10.0 Å². The molecular weight excluding hydrogens is 264 g/mol. The van der Waals surface area contributed by atoms with Crippen molar-refractivity contribution in [2.75, 3.05) is 18.9 Å². The second kappa shape index (κ2) is 5.48. The summed E-state index contributed by atoms with van der Waals surface area (Å²) in [4.78, 5) is 0. The zero-order chi connectivity index (χ0) is 13.9. The Labute approximate surface area is 113 Å². The number of aliphatic hydroxyl groups excluding tert-OH is 1. The van der Waals surface area contributed by atoms with E-state index in [1.165, 1.54) is 0 Å². The third kappa shape index (κ3) is 4.19. The Kier molecular flexibility index (Phi) is 4.13. The second-order valence-corrected chi connectivity index (χ2v) is 7.10. The molecule has 0 unspecified atom stereocenters. The van der Waals surface area contributed by atoms with E-state index in [1.54, 1.807) is 24.3 Å². The van der Waals surface area contributed by atoms with Crippen molar-refractivity contribution in [3.05, 3.63) is 29.8 Å². The van der Waals surface area contributed by atoms with Gasteiger partial charge >= 0.3 is 0 Å². The van der Waals surface area contributed by atoms with E-state index in [0.29, 0.717) is 24.2 Å². The van der Waals surface area contributed by atoms with Gasteiger partial charge in [-0.3, -0.25) is 0 Å². The van der Waals surface area contributed by atoms with E-state index in [2.05, 4.69) is 4.72 Å². The molecule has 0 aliphatic heterocycles. The second-order valence-electron chi connectivity index (χ2n) is 5.30. The highest BCUT2D eigenvalue weighted by atomic mass is 32.2. The highest BCUT2D eigenvalue weighted by Crippen LogP contribution is 2.48. The maximum atomic E-state index is 12.0. The molecule has 0 amide bonds. The van der Waals surface area contributed by atoms with Crippen molar-refractivity contribution >= 4 is 15.7 Å². The van der Waals surface area contributed by atoms with Gasteiger partial charge in [-0.1, -0.05) is 12.1 Å². The number of anilines is 1. The summed E-state index contributed by atoms with van der Waals surface area (Å²) in [7, 11) is -3.33. The Morgan fingerprint density at radius 1 is 1.26 bits per heavy atom. The van der Waals surface area contributed by atoms with Crippen LogP contribution in [0.3, 0.4) is 0 Å². The number of nitrogens with one attached hydrogen (secondary N) is 1. The number of hydrogen-bond donors (Lipinski definition) is 3. The van der Waals surface area contributed by atoms with Gasteiger partial charge in [0.2, 0.25) is 10.0 Å². The van der Waals surface area contributed by atoms with Crippen LogP contribution in [0.15, 0.2) is 24.3 Å². The Morgan fingerprint density at radius 3 is 2.42 bits per heavy atom. The largest absolute Gasteiger partial charge is 0.399 e. The van der Waals surface area contributed by atoms with Crippen LogP contribution in [-0.4, -0.2) is 26.7 Å². The number of rotatable bonds is 7. The summed E-state index contributed by atoms with van der Waals surface area (Å²) >= 11 is 0. The van der Waals surface area contributed by atoms with Crippen molar-refractivity contribution in [3.8, 4) is 0 Å². The monoisotopic (exact) mass is 284 g/mol. The molecule has 1 saturated carbocycles. The quantitative estimate of drug-likeness (QED) is 0.647. The van der Waals surface area contributed by atoms with Crippen LogP contribution in [0, 0.1) is 5.41 Å². The van der Waals surface area contributed by atoms with Crippen molar-refractivity contribution in [2.24, 2.45) is 5.41 Å². The van der Waals surface area contributed by atoms with Crippen LogP contribution in [0.25, 0.3) is 0 Å². The number of aliphatic hydroxyl groups is 1. The lowest BCUT2D eigenvalue weighted by Crippen LogP contribution is -2.31. The molecule has 6 heteroatoms. The summed E-state index contributed by atoms with van der Waals surface area (Å²) in [5.41, 5.74) is 6.88. The molecule has 19 heavy (non-hydrogen) atoms. The third-order valence-electron chi connectivity index (χ3n) is 3.60. The number of hydrogen-bond acceptors (Lipinski definition) is 4. The van der Waals surface area contributed by atoms with Crippen LogP contribution in [-0.2, 0) is 15.8 Å². The molecule has 1 aliphatic carbocycles. The Morgan fingerprint density at radius 2 is 1.89 bits per heavy atom. The van der Waals surface area contributed by atoms with Crippen molar-refractivity contribution in [3.63, 3.8) is 0 Å². The predicted octanol–water partition coefficient (Wildman–Crippen LogP) is 0.851. The predicted molar refractivity (Wildman–Crippen MR) is 74.9 cm³/mol. The molecule has 1 fully saturated rings. The standard InChI is InChI=1S/C13H20N2O3S/c14-12-3-1-11(2-4-12)9-19(17,18)15-10-13(5-6-13)7-8-16/h1-4,15-16H,5-10,14H2. The van der Waals surface area contributed by atoms with Gasteiger partial charge in [0.15, 0.2) is 0 Å². The fraction of sp³-hybridized carbons (Fsp3) is 0.538. The Hall–Kier alpha value is -1.11. The summed E-state index contributed by atoms with van der Waals surface area (Å²) in [5, 5.41) is 8.94. The summed E-state index contributed by atoms with van der Waals surface area (Å²) < 4.78 is 26.6. The number of sulfonamides is 1. The maximum Gasteiger partial charge on any atom is 0.215 e. The lowest BCUT2D eigenvalue weighted by atomic mass is 10.0. The van der Waals surface area contributed by atoms with Crippen molar-refractivity contribution in [2.45, 2.75) is 25.0 Å². The molecule has 0 bridgehead atoms. The van der Waals surface area contributed by atoms with Gasteiger partial charge in [0.05, 0.1) is 5.75 Å². The van der Waals surface area contributed by atoms with Crippen molar-refractivity contribution in [1.29, 1.82) is 0 Å². The van der Waals surface area contributed by atoms with Gasteiger partial charge in [-0.2, -0.15) is 0 Å². The van der Waals surface area contributed by atoms with Crippen LogP contribution < -0.4 is 10.5 Å². The minimum absolute atomic E-state index is 0.0110. The fourth-order valence-electron chi connectivity index (χ4n) is 2.08. The maximum absolute atomic E-state index is 12.0. The van der Waals surface area contributed by atoms with Gasteiger partial charge in [-0.25, -0.2) is 13.1 Å². The molecule has 1 aromatic carbocycles. The van der Waals surface area contributed by atoms with Gasteiger partial charge in [0.1, 0.15) is 0 Å². The van der Waals surface area contributed by atoms with E-state index in [-0.39, 0.29) is 17.8 Å². The van der Waals surface area contributed by atoms with Crippen LogP contribution in [0.4, 0.5) is 5.69 Å². The van der Waals surface area contributed by atoms with Gasteiger partial charge in [-0.15, -0.1) is 0 Å². The molecule has 4 N–H and O–H groups in total. The van der Waals surface area contributed by atoms with Gasteiger partial charge in [0, 0.05) is 18.8 Å². The van der Waals surface area contributed by atoms with Crippen molar-refractivity contribution in [1.82, 2.24) is 4.72 Å². The van der Waals surface area contributed by atoms with Crippen LogP contribution >= 0.6 is 0 Å². The number of nitrogens with two attached hydrogens (primary N) is 1. The highest BCUT2D eigenvalue weighted by molar-refractivity contribution is 7.88. The Bertz CT molecular complexity index is 521. The number of nitrogen functional groups attached to an aromatic ring is 1. The summed E-state index contributed by atoms with van der Waals surface area (Å²) in [6.45, 7) is 0.532. The first-order chi connectivity index (χ1) is 8.95. The lowest BCUT2D eigenvalue weighted by Gasteiger charge is -2.14. The fourth-order valence-corrected chi connectivity index (χ4v) is 3.34. The first-order valence-corrected chi connectivity index (χ1v) is 8.03. The lowest BCUT2D eigenvalue weighted by molar-refractivity contribution is 0.249. The first kappa shape index (κ1) is 14.3. The summed E-state index contributed by atoms with van der Waals surface area (Å²) in [6, 6.07) is 6.82. The summed E-state index contributed by atoms with van der Waals surface area (Å²) in [6.07, 6.45) is 2.63. The number of benzene rings is 1. The van der Waals surface area contributed by atoms with E-state index in [9.17, 15) is 8.42 Å². The highest BCUT2D eigenvalue weighted by Gasteiger charge is 2.42. The van der Waals surface area contributed by atoms with Crippen LogP contribution in [0.2, 0.25) is 0 Å². The molecule has 106 valence electrons. The molecule has 2 rings (SSSR count). The normalized spacial score (nSPS) is 17.3. The molecule has 0 radical (unpaired) electrons. The zero-order valence-corrected chi connectivity index (χ0v) is 11.6. The van der Waals surface area contributed by atoms with E-state index >= 15 is 0 Å².